The van der Waals surface area contributed by atoms with Crippen molar-refractivity contribution >= 4 is 12.4 Å². The highest BCUT2D eigenvalue weighted by atomic mass is 35.5. The number of nitrogens with zero attached hydrogens (tertiary/aromatic N) is 1. The second-order valence-electron chi connectivity index (χ2n) is 7.80. The van der Waals surface area contributed by atoms with Gasteiger partial charge in [0.1, 0.15) is 0 Å². The Hall–Kier alpha value is 0.210. The molecule has 0 heterocycles. The van der Waals surface area contributed by atoms with Crippen LogP contribution < -0.4 is 0 Å². The van der Waals surface area contributed by atoms with Crippen molar-refractivity contribution in [2.24, 2.45) is 0 Å². The summed E-state index contributed by atoms with van der Waals surface area (Å²) in [4.78, 5) is 2.39. The predicted molar refractivity (Wildman–Crippen MR) is 105 cm³/mol. The summed E-state index contributed by atoms with van der Waals surface area (Å²) in [5.41, 5.74) is 0.276. The molecule has 0 bridgehead atoms. The summed E-state index contributed by atoms with van der Waals surface area (Å²) in [6.07, 6.45) is 19.3. The van der Waals surface area contributed by atoms with Gasteiger partial charge in [-0.15, -0.1) is 12.4 Å². The van der Waals surface area contributed by atoms with Crippen molar-refractivity contribution in [3.8, 4) is 0 Å². The summed E-state index contributed by atoms with van der Waals surface area (Å²) in [7, 11) is 4.41. The van der Waals surface area contributed by atoms with Crippen LogP contribution in [0.3, 0.4) is 0 Å². The quantitative estimate of drug-likeness (QED) is 0.440. The molecule has 140 valence electrons. The summed E-state index contributed by atoms with van der Waals surface area (Å²) < 4.78 is 0. The number of halogens is 1. The smallest absolute Gasteiger partial charge is 0.0557 e. The fraction of sp³-hybridized carbons (Fsp3) is 1.00. The van der Waals surface area contributed by atoms with Crippen molar-refractivity contribution in [1.29, 1.82) is 0 Å². The molecule has 0 aromatic heterocycles. The molecule has 0 saturated heterocycles. The van der Waals surface area contributed by atoms with Gasteiger partial charge in [-0.3, -0.25) is 0 Å². The Morgan fingerprint density at radius 1 is 0.870 bits per heavy atom. The van der Waals surface area contributed by atoms with E-state index in [1.165, 1.54) is 83.5 Å². The van der Waals surface area contributed by atoms with Gasteiger partial charge in [0, 0.05) is 5.54 Å². The van der Waals surface area contributed by atoms with Gasteiger partial charge in [0.15, 0.2) is 0 Å². The first-order chi connectivity index (χ1) is 10.6. The van der Waals surface area contributed by atoms with Gasteiger partial charge in [-0.25, -0.2) is 0 Å². The number of aliphatic hydroxyl groups is 1. The number of rotatable bonds is 12. The molecule has 1 unspecified atom stereocenters. The zero-order chi connectivity index (χ0) is 16.3. The monoisotopic (exact) mass is 347 g/mol. The number of hydrogen-bond acceptors (Lipinski definition) is 2. The molecule has 23 heavy (non-hydrogen) atoms. The molecule has 0 amide bonds. The maximum Gasteiger partial charge on any atom is 0.0557 e. The van der Waals surface area contributed by atoms with Crippen LogP contribution in [0.4, 0.5) is 0 Å². The third-order valence-corrected chi connectivity index (χ3v) is 5.74. The molecule has 0 spiro atoms. The highest BCUT2D eigenvalue weighted by Gasteiger charge is 2.35. The van der Waals surface area contributed by atoms with Gasteiger partial charge < -0.3 is 10.0 Å². The van der Waals surface area contributed by atoms with E-state index in [1.807, 2.05) is 0 Å². The Morgan fingerprint density at radius 2 is 1.39 bits per heavy atom. The van der Waals surface area contributed by atoms with E-state index in [2.05, 4.69) is 25.9 Å². The summed E-state index contributed by atoms with van der Waals surface area (Å²) in [5.74, 6) is 0. The van der Waals surface area contributed by atoms with Gasteiger partial charge in [-0.05, 0) is 39.8 Å². The second kappa shape index (κ2) is 13.5. The lowest BCUT2D eigenvalue weighted by molar-refractivity contribution is 0.0290. The molecule has 1 N–H and O–H groups in total. The van der Waals surface area contributed by atoms with Gasteiger partial charge in [0.05, 0.1) is 6.10 Å². The summed E-state index contributed by atoms with van der Waals surface area (Å²) in [6.45, 7) is 2.27. The summed E-state index contributed by atoms with van der Waals surface area (Å²) in [5, 5.41) is 10.5. The lowest BCUT2D eigenvalue weighted by Gasteiger charge is -2.44. The molecule has 1 aliphatic carbocycles. The van der Waals surface area contributed by atoms with E-state index in [0.717, 1.165) is 12.8 Å². The molecule has 1 saturated carbocycles. The van der Waals surface area contributed by atoms with Crippen molar-refractivity contribution in [3.63, 3.8) is 0 Å². The normalized spacial score (nSPS) is 18.7. The zero-order valence-corrected chi connectivity index (χ0v) is 16.8. The number of unbranched alkanes of at least 4 members (excludes halogenated alkanes) is 7. The summed E-state index contributed by atoms with van der Waals surface area (Å²) in [6, 6.07) is 0. The van der Waals surface area contributed by atoms with Crippen LogP contribution in [0.25, 0.3) is 0 Å². The standard InChI is InChI=1S/C20H41NO.ClH/c1-4-5-6-7-8-9-10-12-15-19(22)18-20(21(2)3)16-13-11-14-17-20;/h19,22H,4-18H2,1-3H3;1H. The third kappa shape index (κ3) is 9.31. The van der Waals surface area contributed by atoms with E-state index in [9.17, 15) is 5.11 Å². The topological polar surface area (TPSA) is 23.5 Å². The largest absolute Gasteiger partial charge is 0.393 e. The van der Waals surface area contributed by atoms with Gasteiger partial charge in [-0.1, -0.05) is 77.6 Å². The molecule has 1 fully saturated rings. The van der Waals surface area contributed by atoms with E-state index < -0.39 is 0 Å². The third-order valence-electron chi connectivity index (χ3n) is 5.74. The molecular weight excluding hydrogens is 306 g/mol. The Bertz CT molecular complexity index is 264. The van der Waals surface area contributed by atoms with Crippen molar-refractivity contribution in [2.45, 2.75) is 115 Å². The lowest BCUT2D eigenvalue weighted by Crippen LogP contribution is -2.48. The number of hydrogen-bond donors (Lipinski definition) is 1. The molecular formula is C20H42ClNO. The van der Waals surface area contributed by atoms with Crippen molar-refractivity contribution in [2.75, 3.05) is 14.1 Å². The lowest BCUT2D eigenvalue weighted by atomic mass is 9.76. The first kappa shape index (κ1) is 23.2. The van der Waals surface area contributed by atoms with Crippen LogP contribution >= 0.6 is 12.4 Å². The first-order valence-electron chi connectivity index (χ1n) is 9.96. The van der Waals surface area contributed by atoms with Gasteiger partial charge in [0.25, 0.3) is 0 Å². The Kier molecular flexibility index (Phi) is 13.6. The predicted octanol–water partition coefficient (Wildman–Crippen LogP) is 5.95. The molecule has 1 rings (SSSR count). The van der Waals surface area contributed by atoms with Crippen LogP contribution in [-0.2, 0) is 0 Å². The van der Waals surface area contributed by atoms with E-state index in [-0.39, 0.29) is 24.0 Å². The molecule has 0 aromatic carbocycles. The Morgan fingerprint density at radius 3 is 1.91 bits per heavy atom. The van der Waals surface area contributed by atoms with E-state index in [4.69, 9.17) is 0 Å². The number of aliphatic hydroxyl groups excluding tert-OH is 1. The van der Waals surface area contributed by atoms with Gasteiger partial charge in [0.2, 0.25) is 0 Å². The van der Waals surface area contributed by atoms with Crippen LogP contribution in [0.1, 0.15) is 103 Å². The van der Waals surface area contributed by atoms with Crippen LogP contribution in [0.2, 0.25) is 0 Å². The fourth-order valence-corrected chi connectivity index (χ4v) is 4.10. The fourth-order valence-electron chi connectivity index (χ4n) is 4.10. The maximum absolute atomic E-state index is 10.5. The minimum Gasteiger partial charge on any atom is -0.393 e. The molecule has 1 atom stereocenters. The van der Waals surface area contributed by atoms with Gasteiger partial charge in [-0.2, -0.15) is 0 Å². The summed E-state index contributed by atoms with van der Waals surface area (Å²) >= 11 is 0. The van der Waals surface area contributed by atoms with E-state index >= 15 is 0 Å². The minimum atomic E-state index is -0.0967. The molecule has 0 aromatic rings. The zero-order valence-electron chi connectivity index (χ0n) is 16.0. The van der Waals surface area contributed by atoms with Crippen molar-refractivity contribution in [1.82, 2.24) is 4.90 Å². The van der Waals surface area contributed by atoms with E-state index in [1.54, 1.807) is 0 Å². The second-order valence-corrected chi connectivity index (χ2v) is 7.80. The molecule has 1 aliphatic rings. The molecule has 0 radical (unpaired) electrons. The molecule has 2 nitrogen and oxygen atoms in total. The van der Waals surface area contributed by atoms with E-state index in [0.29, 0.717) is 0 Å². The van der Waals surface area contributed by atoms with Crippen molar-refractivity contribution in [3.05, 3.63) is 0 Å². The average molecular weight is 348 g/mol. The SMILES string of the molecule is CCCCCCCCCCC(O)CC1(N(C)C)CCCCC1.Cl. The highest BCUT2D eigenvalue weighted by molar-refractivity contribution is 5.85. The molecule has 0 aliphatic heterocycles. The Balaban J connectivity index is 0.00000484. The van der Waals surface area contributed by atoms with Gasteiger partial charge >= 0.3 is 0 Å². The molecule has 3 heteroatoms. The average Bonchev–Trinajstić information content (AvgIpc) is 2.50. The van der Waals surface area contributed by atoms with Crippen LogP contribution in [0, 0.1) is 0 Å². The van der Waals surface area contributed by atoms with Crippen LogP contribution in [-0.4, -0.2) is 35.7 Å². The van der Waals surface area contributed by atoms with Crippen LogP contribution in [0.15, 0.2) is 0 Å². The first-order valence-corrected chi connectivity index (χ1v) is 9.96. The minimum absolute atomic E-state index is 0. The Labute approximate surface area is 151 Å². The maximum atomic E-state index is 10.5. The van der Waals surface area contributed by atoms with Crippen molar-refractivity contribution < 1.29 is 5.11 Å². The van der Waals surface area contributed by atoms with Crippen LogP contribution in [0.5, 0.6) is 0 Å². The highest BCUT2D eigenvalue weighted by Crippen LogP contribution is 2.36.